The number of hydrogen-bond acceptors (Lipinski definition) is 3. The van der Waals surface area contributed by atoms with Gasteiger partial charge in [-0.15, -0.1) is 0 Å². The summed E-state index contributed by atoms with van der Waals surface area (Å²) in [5.41, 5.74) is 1.38. The Balaban J connectivity index is 1.73. The molecule has 0 spiro atoms. The summed E-state index contributed by atoms with van der Waals surface area (Å²) >= 11 is 0. The average molecular weight is 322 g/mol. The number of nitrogens with one attached hydrogen (secondary N) is 1. The van der Waals surface area contributed by atoms with Gasteiger partial charge in [-0.05, 0) is 53.6 Å². The topological polar surface area (TPSA) is 38.8 Å². The lowest BCUT2D eigenvalue weighted by molar-refractivity contribution is 0.133. The van der Waals surface area contributed by atoms with E-state index in [1.165, 1.54) is 12.0 Å². The molecule has 132 valence electrons. The Morgan fingerprint density at radius 2 is 1.87 bits per heavy atom. The van der Waals surface area contributed by atoms with Gasteiger partial charge < -0.3 is 15.1 Å². The molecule has 0 saturated carbocycles. The van der Waals surface area contributed by atoms with Crippen molar-refractivity contribution in [1.82, 2.24) is 20.0 Å². The van der Waals surface area contributed by atoms with Crippen molar-refractivity contribution in [2.75, 3.05) is 46.8 Å². The lowest BCUT2D eigenvalue weighted by atomic mass is 10.0. The van der Waals surface area contributed by atoms with Gasteiger partial charge in [0, 0.05) is 44.8 Å². The van der Waals surface area contributed by atoms with Crippen LogP contribution < -0.4 is 5.32 Å². The second kappa shape index (κ2) is 8.69. The smallest absolute Gasteiger partial charge is 0.317 e. The first-order chi connectivity index (χ1) is 11.0. The van der Waals surface area contributed by atoms with Crippen molar-refractivity contribution in [3.63, 3.8) is 0 Å². The summed E-state index contributed by atoms with van der Waals surface area (Å²) in [6.07, 6.45) is 6.71. The average Bonchev–Trinajstić information content (AvgIpc) is 2.54. The van der Waals surface area contributed by atoms with Gasteiger partial charge in [-0.25, -0.2) is 4.79 Å². The zero-order valence-electron chi connectivity index (χ0n) is 15.3. The number of carbonyl (C=O) groups excluding carboxylic acids is 1. The number of likely N-dealkylation sites (N-methyl/N-ethyl adjacent to an activating group) is 1. The summed E-state index contributed by atoms with van der Waals surface area (Å²) in [6.45, 7) is 9.25. The Morgan fingerprint density at radius 1 is 1.17 bits per heavy atom. The van der Waals surface area contributed by atoms with Crippen LogP contribution in [0.3, 0.4) is 0 Å². The quantitative estimate of drug-likeness (QED) is 0.806. The maximum Gasteiger partial charge on any atom is 0.317 e. The first-order valence-corrected chi connectivity index (χ1v) is 9.03. The van der Waals surface area contributed by atoms with Crippen LogP contribution in [0.2, 0.25) is 0 Å². The number of rotatable bonds is 4. The molecule has 2 fully saturated rings. The Hall–Kier alpha value is -1.07. The molecule has 1 unspecified atom stereocenters. The van der Waals surface area contributed by atoms with Gasteiger partial charge in [0.15, 0.2) is 0 Å². The van der Waals surface area contributed by atoms with Crippen molar-refractivity contribution in [3.05, 3.63) is 11.6 Å². The third-order valence-electron chi connectivity index (χ3n) is 5.09. The molecule has 1 atom stereocenters. The minimum atomic E-state index is 0.138. The number of likely N-dealkylation sites (tertiary alicyclic amines) is 2. The van der Waals surface area contributed by atoms with Crippen LogP contribution in [-0.2, 0) is 0 Å². The predicted octanol–water partition coefficient (Wildman–Crippen LogP) is 2.15. The van der Waals surface area contributed by atoms with Crippen LogP contribution in [0.25, 0.3) is 0 Å². The molecule has 2 heterocycles. The van der Waals surface area contributed by atoms with Crippen molar-refractivity contribution < 1.29 is 4.79 Å². The summed E-state index contributed by atoms with van der Waals surface area (Å²) in [5, 5.41) is 3.26. The van der Waals surface area contributed by atoms with Crippen LogP contribution in [0.4, 0.5) is 4.79 Å². The van der Waals surface area contributed by atoms with Crippen molar-refractivity contribution >= 4 is 6.03 Å². The van der Waals surface area contributed by atoms with Gasteiger partial charge in [-0.3, -0.25) is 4.90 Å². The van der Waals surface area contributed by atoms with E-state index >= 15 is 0 Å². The van der Waals surface area contributed by atoms with Crippen molar-refractivity contribution in [3.8, 4) is 0 Å². The number of piperidine rings is 2. The summed E-state index contributed by atoms with van der Waals surface area (Å²) < 4.78 is 0. The van der Waals surface area contributed by atoms with E-state index in [0.717, 1.165) is 52.0 Å². The van der Waals surface area contributed by atoms with Gasteiger partial charge in [0.1, 0.15) is 0 Å². The van der Waals surface area contributed by atoms with E-state index in [2.05, 4.69) is 49.1 Å². The predicted molar refractivity (Wildman–Crippen MR) is 95.7 cm³/mol. The second-order valence-corrected chi connectivity index (χ2v) is 7.51. The molecule has 2 saturated heterocycles. The number of hydrogen-bond donors (Lipinski definition) is 1. The largest absolute Gasteiger partial charge is 0.335 e. The molecule has 2 rings (SSSR count). The fourth-order valence-electron chi connectivity index (χ4n) is 3.40. The maximum absolute atomic E-state index is 12.5. The fraction of sp³-hybridized carbons (Fsp3) is 0.833. The van der Waals surface area contributed by atoms with Crippen molar-refractivity contribution in [2.45, 2.75) is 51.6 Å². The number of amides is 2. The van der Waals surface area contributed by atoms with Crippen molar-refractivity contribution in [2.24, 2.45) is 0 Å². The molecular weight excluding hydrogens is 288 g/mol. The molecule has 2 aliphatic rings. The minimum Gasteiger partial charge on any atom is -0.335 e. The van der Waals surface area contributed by atoms with Crippen LogP contribution in [0.1, 0.15) is 39.5 Å². The van der Waals surface area contributed by atoms with Gasteiger partial charge in [0.2, 0.25) is 0 Å². The molecule has 0 aromatic carbocycles. The van der Waals surface area contributed by atoms with Crippen LogP contribution in [0.5, 0.6) is 0 Å². The van der Waals surface area contributed by atoms with Crippen LogP contribution in [0, 0.1) is 0 Å². The van der Waals surface area contributed by atoms with Gasteiger partial charge in [-0.2, -0.15) is 0 Å². The van der Waals surface area contributed by atoms with E-state index < -0.39 is 0 Å². The number of nitrogens with zero attached hydrogens (tertiary/aromatic N) is 3. The highest BCUT2D eigenvalue weighted by Crippen LogP contribution is 2.15. The Labute approximate surface area is 141 Å². The molecule has 2 aliphatic heterocycles. The van der Waals surface area contributed by atoms with Gasteiger partial charge in [-0.1, -0.05) is 11.6 Å². The number of carbonyl (C=O) groups is 1. The fourth-order valence-corrected chi connectivity index (χ4v) is 3.40. The molecule has 0 radical (unpaired) electrons. The summed E-state index contributed by atoms with van der Waals surface area (Å²) in [4.78, 5) is 19.2. The Bertz CT molecular complexity index is 409. The van der Waals surface area contributed by atoms with Crippen LogP contribution in [0.15, 0.2) is 11.6 Å². The Kier molecular flexibility index (Phi) is 6.90. The molecule has 5 nitrogen and oxygen atoms in total. The van der Waals surface area contributed by atoms with Gasteiger partial charge >= 0.3 is 6.03 Å². The molecule has 0 aromatic heterocycles. The van der Waals surface area contributed by atoms with Crippen molar-refractivity contribution in [1.29, 1.82) is 0 Å². The molecule has 0 bridgehead atoms. The molecule has 5 heteroatoms. The number of urea groups is 1. The van der Waals surface area contributed by atoms with E-state index in [1.54, 1.807) is 0 Å². The van der Waals surface area contributed by atoms with E-state index in [9.17, 15) is 4.79 Å². The highest BCUT2D eigenvalue weighted by molar-refractivity contribution is 5.74. The third-order valence-corrected chi connectivity index (χ3v) is 5.09. The Morgan fingerprint density at radius 3 is 2.48 bits per heavy atom. The molecule has 1 N–H and O–H groups in total. The van der Waals surface area contributed by atoms with E-state index in [4.69, 9.17) is 0 Å². The molecular formula is C18H34N4O. The highest BCUT2D eigenvalue weighted by atomic mass is 16.2. The van der Waals surface area contributed by atoms with E-state index in [1.807, 2.05) is 4.90 Å². The molecule has 23 heavy (non-hydrogen) atoms. The normalized spacial score (nSPS) is 23.9. The monoisotopic (exact) mass is 322 g/mol. The van der Waals surface area contributed by atoms with E-state index in [-0.39, 0.29) is 6.03 Å². The minimum absolute atomic E-state index is 0.138. The number of allylic oxidation sites excluding steroid dienone is 1. The SMILES string of the molecule is CC(C)=CCN1CCC(NC(=O)N2CCCC(N(C)C)C2)CC1. The summed E-state index contributed by atoms with van der Waals surface area (Å²) in [5.74, 6) is 0. The van der Waals surface area contributed by atoms with E-state index in [0.29, 0.717) is 12.1 Å². The first kappa shape index (κ1) is 18.3. The molecule has 0 aliphatic carbocycles. The third kappa shape index (κ3) is 5.81. The van der Waals surface area contributed by atoms with Gasteiger partial charge in [0.25, 0.3) is 0 Å². The molecule has 2 amide bonds. The lowest BCUT2D eigenvalue weighted by Gasteiger charge is -2.38. The zero-order chi connectivity index (χ0) is 16.8. The van der Waals surface area contributed by atoms with Gasteiger partial charge in [0.05, 0.1) is 0 Å². The summed E-state index contributed by atoms with van der Waals surface area (Å²) in [7, 11) is 4.21. The van der Waals surface area contributed by atoms with Crippen LogP contribution >= 0.6 is 0 Å². The lowest BCUT2D eigenvalue weighted by Crippen LogP contribution is -2.54. The zero-order valence-corrected chi connectivity index (χ0v) is 15.3. The highest BCUT2D eigenvalue weighted by Gasteiger charge is 2.27. The summed E-state index contributed by atoms with van der Waals surface area (Å²) in [6, 6.07) is 0.977. The van der Waals surface area contributed by atoms with Crippen LogP contribution in [-0.4, -0.2) is 79.6 Å². The standard InChI is InChI=1S/C18H34N4O/c1-15(2)7-11-21-12-8-16(9-13-21)19-18(23)22-10-5-6-17(14-22)20(3)4/h7,16-17H,5-6,8-14H2,1-4H3,(H,19,23). The molecule has 0 aromatic rings. The first-order valence-electron chi connectivity index (χ1n) is 9.03. The second-order valence-electron chi connectivity index (χ2n) is 7.51. The maximum atomic E-state index is 12.5.